The number of hydrogen-bond acceptors (Lipinski definition) is 6. The third kappa shape index (κ3) is 3.75. The van der Waals surface area contributed by atoms with Gasteiger partial charge in [0.25, 0.3) is 5.91 Å². The van der Waals surface area contributed by atoms with Gasteiger partial charge >= 0.3 is 0 Å². The highest BCUT2D eigenvalue weighted by molar-refractivity contribution is 5.94. The number of nitrogens with zero attached hydrogens (tertiary/aromatic N) is 3. The van der Waals surface area contributed by atoms with Crippen molar-refractivity contribution in [3.63, 3.8) is 0 Å². The fraction of sp³-hybridized carbons (Fsp3) is 0.438. The van der Waals surface area contributed by atoms with Crippen molar-refractivity contribution in [3.05, 3.63) is 47.6 Å². The molecule has 2 aromatic rings. The summed E-state index contributed by atoms with van der Waals surface area (Å²) in [6.45, 7) is 5.34. The molecule has 3 heterocycles. The second kappa shape index (κ2) is 7.34. The van der Waals surface area contributed by atoms with Crippen LogP contribution in [0.4, 0.5) is 0 Å². The number of hydrogen-bond donors (Lipinski definition) is 1. The monoisotopic (exact) mass is 316 g/mol. The van der Waals surface area contributed by atoms with Crippen molar-refractivity contribution in [1.82, 2.24) is 20.4 Å². The fourth-order valence-corrected chi connectivity index (χ4v) is 2.73. The molecule has 0 aliphatic carbocycles. The highest BCUT2D eigenvalue weighted by atomic mass is 16.5. The first-order chi connectivity index (χ1) is 11.3. The third-order valence-electron chi connectivity index (χ3n) is 4.03. The van der Waals surface area contributed by atoms with Crippen LogP contribution in [-0.2, 0) is 4.74 Å². The van der Waals surface area contributed by atoms with Crippen LogP contribution < -0.4 is 5.32 Å². The van der Waals surface area contributed by atoms with E-state index in [9.17, 15) is 4.79 Å². The lowest BCUT2D eigenvalue weighted by Gasteiger charge is -2.34. The van der Waals surface area contributed by atoms with Crippen LogP contribution in [0.2, 0.25) is 0 Å². The molecule has 0 aromatic carbocycles. The van der Waals surface area contributed by atoms with Gasteiger partial charge in [-0.05, 0) is 24.6 Å². The standard InChI is InChI=1S/C16H20N4O3/c1-12-14(10-19-23-12)16(21)18-11-15(13-2-4-17-5-3-13)20-6-8-22-9-7-20/h2-5,10,15H,6-9,11H2,1H3,(H,18,21)/t15-/m1/s1. The number of amides is 1. The molecule has 2 aromatic heterocycles. The smallest absolute Gasteiger partial charge is 0.256 e. The normalized spacial score (nSPS) is 16.9. The molecule has 23 heavy (non-hydrogen) atoms. The van der Waals surface area contributed by atoms with Crippen molar-refractivity contribution in [3.8, 4) is 0 Å². The van der Waals surface area contributed by atoms with Gasteiger partial charge in [-0.3, -0.25) is 14.7 Å². The number of rotatable bonds is 5. The van der Waals surface area contributed by atoms with E-state index in [2.05, 4.69) is 20.4 Å². The second-order valence-electron chi connectivity index (χ2n) is 5.45. The van der Waals surface area contributed by atoms with Crippen LogP contribution in [0, 0.1) is 6.92 Å². The predicted molar refractivity (Wildman–Crippen MR) is 82.9 cm³/mol. The average molecular weight is 316 g/mol. The highest BCUT2D eigenvalue weighted by Gasteiger charge is 2.24. The van der Waals surface area contributed by atoms with E-state index in [0.717, 1.165) is 18.7 Å². The summed E-state index contributed by atoms with van der Waals surface area (Å²) in [5.74, 6) is 0.352. The summed E-state index contributed by atoms with van der Waals surface area (Å²) in [6.07, 6.45) is 4.99. The van der Waals surface area contributed by atoms with Gasteiger partial charge in [-0.2, -0.15) is 0 Å². The maximum absolute atomic E-state index is 12.3. The molecule has 0 unspecified atom stereocenters. The number of carbonyl (C=O) groups is 1. The SMILES string of the molecule is Cc1oncc1C(=O)NC[C@H](c1ccncc1)N1CCOCC1. The van der Waals surface area contributed by atoms with Crippen LogP contribution in [0.5, 0.6) is 0 Å². The molecule has 0 radical (unpaired) electrons. The zero-order valence-electron chi connectivity index (χ0n) is 13.1. The van der Waals surface area contributed by atoms with Gasteiger partial charge in [0, 0.05) is 32.0 Å². The van der Waals surface area contributed by atoms with Gasteiger partial charge in [-0.15, -0.1) is 0 Å². The third-order valence-corrected chi connectivity index (χ3v) is 4.03. The Hall–Kier alpha value is -2.25. The number of aryl methyl sites for hydroxylation is 1. The highest BCUT2D eigenvalue weighted by Crippen LogP contribution is 2.20. The summed E-state index contributed by atoms with van der Waals surface area (Å²) < 4.78 is 10.4. The van der Waals surface area contributed by atoms with E-state index < -0.39 is 0 Å². The van der Waals surface area contributed by atoms with Crippen molar-refractivity contribution in [1.29, 1.82) is 0 Å². The molecule has 3 rings (SSSR count). The van der Waals surface area contributed by atoms with Crippen LogP contribution in [0.3, 0.4) is 0 Å². The van der Waals surface area contributed by atoms with E-state index in [1.165, 1.54) is 6.20 Å². The predicted octanol–water partition coefficient (Wildman–Crippen LogP) is 1.18. The van der Waals surface area contributed by atoms with Crippen LogP contribution >= 0.6 is 0 Å². The Bertz CT molecular complexity index is 638. The molecule has 1 amide bonds. The molecule has 1 fully saturated rings. The fourth-order valence-electron chi connectivity index (χ4n) is 2.73. The van der Waals surface area contributed by atoms with Crippen LogP contribution in [-0.4, -0.2) is 53.8 Å². The van der Waals surface area contributed by atoms with Gasteiger partial charge in [0.1, 0.15) is 11.3 Å². The lowest BCUT2D eigenvalue weighted by Crippen LogP contribution is -2.43. The molecule has 1 atom stereocenters. The maximum Gasteiger partial charge on any atom is 0.256 e. The van der Waals surface area contributed by atoms with Gasteiger partial charge < -0.3 is 14.6 Å². The molecular weight excluding hydrogens is 296 g/mol. The second-order valence-corrected chi connectivity index (χ2v) is 5.45. The lowest BCUT2D eigenvalue weighted by atomic mass is 10.1. The van der Waals surface area contributed by atoms with Crippen LogP contribution in [0.15, 0.2) is 35.2 Å². The van der Waals surface area contributed by atoms with Crippen molar-refractivity contribution >= 4 is 5.91 Å². The Kier molecular flexibility index (Phi) is 4.99. The Morgan fingerprint density at radius 1 is 1.35 bits per heavy atom. The van der Waals surface area contributed by atoms with E-state index in [1.54, 1.807) is 19.3 Å². The minimum absolute atomic E-state index is 0.0889. The Labute approximate surface area is 134 Å². The Morgan fingerprint density at radius 2 is 2.09 bits per heavy atom. The summed E-state index contributed by atoms with van der Waals surface area (Å²) in [6, 6.07) is 4.06. The molecule has 1 N–H and O–H groups in total. The number of aromatic nitrogens is 2. The number of ether oxygens (including phenoxy) is 1. The van der Waals surface area contributed by atoms with Gasteiger partial charge in [-0.1, -0.05) is 5.16 Å². The quantitative estimate of drug-likeness (QED) is 0.892. The molecule has 0 bridgehead atoms. The molecule has 7 heteroatoms. The zero-order valence-corrected chi connectivity index (χ0v) is 13.1. The minimum Gasteiger partial charge on any atom is -0.379 e. The van der Waals surface area contributed by atoms with Gasteiger partial charge in [-0.25, -0.2) is 0 Å². The Morgan fingerprint density at radius 3 is 2.74 bits per heavy atom. The minimum atomic E-state index is -0.170. The maximum atomic E-state index is 12.3. The molecule has 1 aliphatic rings. The van der Waals surface area contributed by atoms with E-state index >= 15 is 0 Å². The van der Waals surface area contributed by atoms with Crippen molar-refractivity contribution in [2.45, 2.75) is 13.0 Å². The van der Waals surface area contributed by atoms with E-state index in [1.807, 2.05) is 12.1 Å². The van der Waals surface area contributed by atoms with Crippen molar-refractivity contribution < 1.29 is 14.1 Å². The van der Waals surface area contributed by atoms with Gasteiger partial charge in [0.2, 0.25) is 0 Å². The average Bonchev–Trinajstić information content (AvgIpc) is 3.03. The van der Waals surface area contributed by atoms with Crippen LogP contribution in [0.1, 0.15) is 27.7 Å². The van der Waals surface area contributed by atoms with E-state index in [4.69, 9.17) is 9.26 Å². The molecule has 1 saturated heterocycles. The molecular formula is C16H20N4O3. The zero-order chi connectivity index (χ0) is 16.1. The molecule has 7 nitrogen and oxygen atoms in total. The topological polar surface area (TPSA) is 80.5 Å². The number of nitrogens with one attached hydrogen (secondary N) is 1. The van der Waals surface area contributed by atoms with E-state index in [-0.39, 0.29) is 11.9 Å². The van der Waals surface area contributed by atoms with E-state index in [0.29, 0.717) is 31.1 Å². The summed E-state index contributed by atoms with van der Waals surface area (Å²) >= 11 is 0. The van der Waals surface area contributed by atoms with Crippen molar-refractivity contribution in [2.24, 2.45) is 0 Å². The van der Waals surface area contributed by atoms with Gasteiger partial charge in [0.05, 0.1) is 25.5 Å². The number of carbonyl (C=O) groups excluding carboxylic acids is 1. The first-order valence-corrected chi connectivity index (χ1v) is 7.67. The lowest BCUT2D eigenvalue weighted by molar-refractivity contribution is 0.0162. The van der Waals surface area contributed by atoms with Crippen LogP contribution in [0.25, 0.3) is 0 Å². The molecule has 122 valence electrons. The van der Waals surface area contributed by atoms with Gasteiger partial charge in [0.15, 0.2) is 0 Å². The first-order valence-electron chi connectivity index (χ1n) is 7.67. The Balaban J connectivity index is 1.71. The molecule has 0 saturated carbocycles. The van der Waals surface area contributed by atoms with Crippen molar-refractivity contribution in [2.75, 3.05) is 32.8 Å². The molecule has 0 spiro atoms. The summed E-state index contributed by atoms with van der Waals surface area (Å²) in [4.78, 5) is 18.7. The first kappa shape index (κ1) is 15.6. The number of morpholine rings is 1. The summed E-state index contributed by atoms with van der Waals surface area (Å²) in [5.41, 5.74) is 1.60. The molecule has 1 aliphatic heterocycles. The summed E-state index contributed by atoms with van der Waals surface area (Å²) in [5, 5.41) is 6.63. The largest absolute Gasteiger partial charge is 0.379 e. The number of pyridine rings is 1. The summed E-state index contributed by atoms with van der Waals surface area (Å²) in [7, 11) is 0.